The molecule has 0 amide bonds. The molecule has 9 heteroatoms. The Labute approximate surface area is 101 Å². The molecule has 1 aromatic heterocycles. The third-order valence-electron chi connectivity index (χ3n) is 1.94. The van der Waals surface area contributed by atoms with Crippen molar-refractivity contribution < 1.29 is 21.6 Å². The summed E-state index contributed by atoms with van der Waals surface area (Å²) in [5.74, 6) is -0.174. The van der Waals surface area contributed by atoms with Crippen molar-refractivity contribution in [2.45, 2.75) is 18.6 Å². The lowest BCUT2D eigenvalue weighted by atomic mass is 10.2. The Balaban J connectivity index is 2.71. The molecule has 0 aliphatic carbocycles. The van der Waals surface area contributed by atoms with Crippen LogP contribution in [0.15, 0.2) is 5.38 Å². The maximum Gasteiger partial charge on any atom is 0.443 e. The van der Waals surface area contributed by atoms with Gasteiger partial charge in [0, 0.05) is 17.7 Å². The SMILES string of the molecule is CS(=O)(=O)CCC(N)c1csc(C(F)(F)F)n1. The third-order valence-corrected chi connectivity index (χ3v) is 3.83. The Kier molecular flexibility index (Phi) is 4.15. The minimum absolute atomic E-state index is 0.0554. The van der Waals surface area contributed by atoms with Crippen molar-refractivity contribution in [3.8, 4) is 0 Å². The van der Waals surface area contributed by atoms with Gasteiger partial charge < -0.3 is 5.73 Å². The summed E-state index contributed by atoms with van der Waals surface area (Å²) in [5, 5.41) is 0.234. The third kappa shape index (κ3) is 4.60. The Morgan fingerprint density at radius 1 is 1.53 bits per heavy atom. The first-order chi connectivity index (χ1) is 7.59. The highest BCUT2D eigenvalue weighted by molar-refractivity contribution is 7.90. The number of thiazole rings is 1. The number of aromatic nitrogens is 1. The molecule has 1 unspecified atom stereocenters. The molecule has 4 nitrogen and oxygen atoms in total. The summed E-state index contributed by atoms with van der Waals surface area (Å²) in [6.07, 6.45) is -3.39. The van der Waals surface area contributed by atoms with Crippen LogP contribution in [0.1, 0.15) is 23.2 Å². The molecule has 1 aromatic rings. The van der Waals surface area contributed by atoms with Crippen LogP contribution >= 0.6 is 11.3 Å². The molecular formula is C8H11F3N2O2S2. The van der Waals surface area contributed by atoms with E-state index in [4.69, 9.17) is 5.73 Å². The zero-order valence-corrected chi connectivity index (χ0v) is 10.5. The minimum atomic E-state index is -4.49. The van der Waals surface area contributed by atoms with Crippen LogP contribution in [0.5, 0.6) is 0 Å². The fraction of sp³-hybridized carbons (Fsp3) is 0.625. The predicted molar refractivity (Wildman–Crippen MR) is 58.4 cm³/mol. The molecule has 1 rings (SSSR count). The number of nitrogens with two attached hydrogens (primary N) is 1. The van der Waals surface area contributed by atoms with E-state index in [1.165, 1.54) is 5.38 Å². The van der Waals surface area contributed by atoms with Crippen molar-refractivity contribution in [2.24, 2.45) is 5.73 Å². The molecule has 2 N–H and O–H groups in total. The van der Waals surface area contributed by atoms with Gasteiger partial charge in [-0.05, 0) is 6.42 Å². The number of hydrogen-bond donors (Lipinski definition) is 1. The van der Waals surface area contributed by atoms with Gasteiger partial charge in [-0.1, -0.05) is 0 Å². The molecule has 0 aromatic carbocycles. The largest absolute Gasteiger partial charge is 0.443 e. The average molecular weight is 288 g/mol. The highest BCUT2D eigenvalue weighted by atomic mass is 32.2. The van der Waals surface area contributed by atoms with Crippen molar-refractivity contribution in [1.82, 2.24) is 4.98 Å². The minimum Gasteiger partial charge on any atom is -0.323 e. The highest BCUT2D eigenvalue weighted by Crippen LogP contribution is 2.32. The maximum absolute atomic E-state index is 12.3. The predicted octanol–water partition coefficient (Wildman–Crippen LogP) is 1.60. The second kappa shape index (κ2) is 4.91. The van der Waals surface area contributed by atoms with E-state index in [1.807, 2.05) is 0 Å². The molecule has 0 aliphatic heterocycles. The van der Waals surface area contributed by atoms with Gasteiger partial charge in [0.1, 0.15) is 9.84 Å². The van der Waals surface area contributed by atoms with Crippen LogP contribution in [-0.2, 0) is 16.0 Å². The van der Waals surface area contributed by atoms with Crippen LogP contribution in [0.3, 0.4) is 0 Å². The number of sulfone groups is 1. The first kappa shape index (κ1) is 14.4. The molecule has 17 heavy (non-hydrogen) atoms. The van der Waals surface area contributed by atoms with E-state index in [9.17, 15) is 21.6 Å². The zero-order valence-electron chi connectivity index (χ0n) is 8.86. The van der Waals surface area contributed by atoms with Crippen molar-refractivity contribution in [2.75, 3.05) is 12.0 Å². The summed E-state index contributed by atoms with van der Waals surface area (Å²) in [6.45, 7) is 0. The van der Waals surface area contributed by atoms with Gasteiger partial charge in [0.05, 0.1) is 11.4 Å². The quantitative estimate of drug-likeness (QED) is 0.913. The van der Waals surface area contributed by atoms with Crippen LogP contribution in [0.25, 0.3) is 0 Å². The highest BCUT2D eigenvalue weighted by Gasteiger charge is 2.35. The number of alkyl halides is 3. The van der Waals surface area contributed by atoms with Crippen LogP contribution in [0.4, 0.5) is 13.2 Å². The van der Waals surface area contributed by atoms with E-state index in [0.717, 1.165) is 6.26 Å². The zero-order chi connectivity index (χ0) is 13.3. The number of rotatable bonds is 4. The van der Waals surface area contributed by atoms with Crippen LogP contribution < -0.4 is 5.73 Å². The normalized spacial score (nSPS) is 14.9. The Hall–Kier alpha value is -0.670. The molecule has 1 heterocycles. The molecule has 0 fully saturated rings. The average Bonchev–Trinajstić information content (AvgIpc) is 2.60. The van der Waals surface area contributed by atoms with Gasteiger partial charge in [-0.15, -0.1) is 11.3 Å². The van der Waals surface area contributed by atoms with E-state index in [-0.39, 0.29) is 17.9 Å². The summed E-state index contributed by atoms with van der Waals surface area (Å²) >= 11 is 0.453. The maximum atomic E-state index is 12.3. The second-order valence-electron chi connectivity index (χ2n) is 3.60. The van der Waals surface area contributed by atoms with Gasteiger partial charge in [0.2, 0.25) is 0 Å². The van der Waals surface area contributed by atoms with E-state index < -0.39 is 27.1 Å². The molecule has 0 saturated heterocycles. The van der Waals surface area contributed by atoms with Crippen molar-refractivity contribution >= 4 is 21.2 Å². The molecule has 0 bridgehead atoms. The Bertz CT molecular complexity index is 481. The van der Waals surface area contributed by atoms with Crippen molar-refractivity contribution in [3.05, 3.63) is 16.1 Å². The molecule has 1 atom stereocenters. The lowest BCUT2D eigenvalue weighted by Crippen LogP contribution is -2.16. The molecule has 0 radical (unpaired) electrons. The molecule has 0 spiro atoms. The molecule has 98 valence electrons. The van der Waals surface area contributed by atoms with Crippen LogP contribution in [0.2, 0.25) is 0 Å². The second-order valence-corrected chi connectivity index (χ2v) is 6.72. The summed E-state index contributed by atoms with van der Waals surface area (Å²) < 4.78 is 58.5. The Morgan fingerprint density at radius 3 is 2.53 bits per heavy atom. The molecular weight excluding hydrogens is 277 g/mol. The van der Waals surface area contributed by atoms with Gasteiger partial charge in [0.25, 0.3) is 0 Å². The lowest BCUT2D eigenvalue weighted by Gasteiger charge is -2.07. The van der Waals surface area contributed by atoms with E-state index in [0.29, 0.717) is 11.3 Å². The summed E-state index contributed by atoms with van der Waals surface area (Å²) in [4.78, 5) is 3.36. The summed E-state index contributed by atoms with van der Waals surface area (Å²) in [7, 11) is -3.18. The monoisotopic (exact) mass is 288 g/mol. The molecule has 0 aliphatic rings. The van der Waals surface area contributed by atoms with Crippen LogP contribution in [0, 0.1) is 0 Å². The Morgan fingerprint density at radius 2 is 2.12 bits per heavy atom. The van der Waals surface area contributed by atoms with Gasteiger partial charge in [0.15, 0.2) is 5.01 Å². The smallest absolute Gasteiger partial charge is 0.323 e. The molecule has 0 saturated carbocycles. The topological polar surface area (TPSA) is 73.0 Å². The lowest BCUT2D eigenvalue weighted by molar-refractivity contribution is -0.137. The van der Waals surface area contributed by atoms with Gasteiger partial charge in [-0.25, -0.2) is 13.4 Å². The van der Waals surface area contributed by atoms with Gasteiger partial charge in [-0.2, -0.15) is 13.2 Å². The summed E-state index contributed by atoms with van der Waals surface area (Å²) in [5.41, 5.74) is 5.65. The number of hydrogen-bond acceptors (Lipinski definition) is 5. The van der Waals surface area contributed by atoms with Gasteiger partial charge >= 0.3 is 6.18 Å². The van der Waals surface area contributed by atoms with E-state index in [1.54, 1.807) is 0 Å². The summed E-state index contributed by atoms with van der Waals surface area (Å²) in [6, 6.07) is -0.794. The van der Waals surface area contributed by atoms with E-state index in [2.05, 4.69) is 4.98 Å². The van der Waals surface area contributed by atoms with E-state index >= 15 is 0 Å². The first-order valence-corrected chi connectivity index (χ1v) is 7.49. The van der Waals surface area contributed by atoms with Gasteiger partial charge in [-0.3, -0.25) is 0 Å². The standard InChI is InChI=1S/C8H11F3N2O2S2/c1-17(14,15)3-2-5(12)6-4-16-7(13-6)8(9,10)11/h4-5H,2-3,12H2,1H3. The van der Waals surface area contributed by atoms with Crippen LogP contribution in [-0.4, -0.2) is 25.4 Å². The first-order valence-electron chi connectivity index (χ1n) is 4.55. The van der Waals surface area contributed by atoms with Crippen molar-refractivity contribution in [1.29, 1.82) is 0 Å². The number of nitrogens with zero attached hydrogens (tertiary/aromatic N) is 1. The fourth-order valence-corrected chi connectivity index (χ4v) is 2.51. The number of halogens is 3. The fourth-order valence-electron chi connectivity index (χ4n) is 1.08. The van der Waals surface area contributed by atoms with Crippen molar-refractivity contribution in [3.63, 3.8) is 0 Å².